The summed E-state index contributed by atoms with van der Waals surface area (Å²) in [5.74, 6) is -1.03. The van der Waals surface area contributed by atoms with Crippen LogP contribution in [0.5, 0.6) is 0 Å². The summed E-state index contributed by atoms with van der Waals surface area (Å²) in [6.07, 6.45) is 0. The number of carbonyl (C=O) groups excluding carboxylic acids is 1. The molecule has 0 atom stereocenters. The van der Waals surface area contributed by atoms with Crippen LogP contribution in [0, 0.1) is 15.9 Å². The number of hydrogen-bond donors (Lipinski definition) is 2. The van der Waals surface area contributed by atoms with Crippen LogP contribution in [0.15, 0.2) is 42.5 Å². The fourth-order valence-electron chi connectivity index (χ4n) is 1.64. The third kappa shape index (κ3) is 2.72. The second kappa shape index (κ2) is 5.35. The van der Waals surface area contributed by atoms with Gasteiger partial charge in [-0.1, -0.05) is 6.07 Å². The molecule has 0 spiro atoms. The van der Waals surface area contributed by atoms with Gasteiger partial charge < -0.3 is 11.1 Å². The van der Waals surface area contributed by atoms with Crippen molar-refractivity contribution in [1.82, 2.24) is 0 Å². The van der Waals surface area contributed by atoms with E-state index in [-0.39, 0.29) is 16.9 Å². The van der Waals surface area contributed by atoms with Gasteiger partial charge in [0.2, 0.25) is 0 Å². The topological polar surface area (TPSA) is 98.3 Å². The normalized spacial score (nSPS) is 10.1. The third-order valence-corrected chi connectivity index (χ3v) is 2.63. The van der Waals surface area contributed by atoms with E-state index in [1.807, 2.05) is 0 Å². The summed E-state index contributed by atoms with van der Waals surface area (Å²) in [5.41, 5.74) is 5.41. The Morgan fingerprint density at radius 1 is 1.20 bits per heavy atom. The van der Waals surface area contributed by atoms with Crippen molar-refractivity contribution in [2.75, 3.05) is 11.1 Å². The number of nitrogens with zero attached hydrogens (tertiary/aromatic N) is 1. The maximum absolute atomic E-state index is 12.7. The van der Waals surface area contributed by atoms with Gasteiger partial charge in [0.15, 0.2) is 0 Å². The van der Waals surface area contributed by atoms with Gasteiger partial charge in [0, 0.05) is 11.8 Å². The largest absolute Gasteiger partial charge is 0.393 e. The molecule has 7 heteroatoms. The lowest BCUT2D eigenvalue weighted by Crippen LogP contribution is -2.14. The highest BCUT2D eigenvalue weighted by Gasteiger charge is 2.18. The first kappa shape index (κ1) is 13.5. The number of benzene rings is 2. The number of nitrogen functional groups attached to an aromatic ring is 1. The highest BCUT2D eigenvalue weighted by molar-refractivity contribution is 6.08. The van der Waals surface area contributed by atoms with Crippen LogP contribution in [0.2, 0.25) is 0 Å². The van der Waals surface area contributed by atoms with Crippen LogP contribution in [-0.4, -0.2) is 10.8 Å². The van der Waals surface area contributed by atoms with E-state index < -0.39 is 16.6 Å². The van der Waals surface area contributed by atoms with Gasteiger partial charge in [-0.05, 0) is 30.3 Å². The van der Waals surface area contributed by atoms with Crippen LogP contribution < -0.4 is 11.1 Å². The Morgan fingerprint density at radius 2 is 1.85 bits per heavy atom. The van der Waals surface area contributed by atoms with E-state index in [9.17, 15) is 19.3 Å². The van der Waals surface area contributed by atoms with E-state index in [2.05, 4.69) is 5.32 Å². The summed E-state index contributed by atoms with van der Waals surface area (Å²) in [6.45, 7) is 0. The van der Waals surface area contributed by atoms with Crippen molar-refractivity contribution in [2.45, 2.75) is 0 Å². The van der Waals surface area contributed by atoms with E-state index in [0.717, 1.165) is 0 Å². The second-order valence-corrected chi connectivity index (χ2v) is 3.96. The van der Waals surface area contributed by atoms with Crippen LogP contribution in [0.25, 0.3) is 0 Å². The van der Waals surface area contributed by atoms with E-state index in [0.29, 0.717) is 5.69 Å². The van der Waals surface area contributed by atoms with E-state index in [1.165, 1.54) is 42.5 Å². The quantitative estimate of drug-likeness (QED) is 0.511. The summed E-state index contributed by atoms with van der Waals surface area (Å²) in [4.78, 5) is 22.1. The number of carbonyl (C=O) groups is 1. The number of hydrogen-bond acceptors (Lipinski definition) is 4. The zero-order valence-corrected chi connectivity index (χ0v) is 10.2. The first-order chi connectivity index (χ1) is 9.49. The molecular weight excluding hydrogens is 265 g/mol. The van der Waals surface area contributed by atoms with E-state index >= 15 is 0 Å². The molecule has 0 aromatic heterocycles. The molecular formula is C13H10FN3O3. The number of anilines is 2. The molecule has 3 N–H and O–H groups in total. The average molecular weight is 275 g/mol. The minimum absolute atomic E-state index is 0.0106. The Labute approximate surface area is 113 Å². The Balaban J connectivity index is 2.28. The van der Waals surface area contributed by atoms with E-state index in [4.69, 9.17) is 5.73 Å². The van der Waals surface area contributed by atoms with Gasteiger partial charge in [-0.2, -0.15) is 0 Å². The molecule has 0 aliphatic carbocycles. The van der Waals surface area contributed by atoms with Crippen molar-refractivity contribution in [2.24, 2.45) is 0 Å². The van der Waals surface area contributed by atoms with Crippen LogP contribution in [0.3, 0.4) is 0 Å². The standard InChI is InChI=1S/C13H10FN3O3/c14-8-4-6-9(7-5-8)16-13(18)10-2-1-3-11(12(10)15)17(19)20/h1-7H,15H2,(H,16,18). The van der Waals surface area contributed by atoms with Crippen molar-refractivity contribution in [3.63, 3.8) is 0 Å². The van der Waals surface area contributed by atoms with Crippen molar-refractivity contribution in [3.8, 4) is 0 Å². The molecule has 6 nitrogen and oxygen atoms in total. The zero-order chi connectivity index (χ0) is 14.7. The summed E-state index contributed by atoms with van der Waals surface area (Å²) in [6, 6.07) is 9.08. The molecule has 0 bridgehead atoms. The predicted molar refractivity (Wildman–Crippen MR) is 71.9 cm³/mol. The fourth-order valence-corrected chi connectivity index (χ4v) is 1.64. The first-order valence-corrected chi connectivity index (χ1v) is 5.59. The summed E-state index contributed by atoms with van der Waals surface area (Å²) in [5, 5.41) is 13.2. The Bertz CT molecular complexity index is 671. The Hall–Kier alpha value is -2.96. The molecule has 1 amide bonds. The molecule has 0 radical (unpaired) electrons. The van der Waals surface area contributed by atoms with Crippen molar-refractivity contribution >= 4 is 23.0 Å². The summed E-state index contributed by atoms with van der Waals surface area (Å²) >= 11 is 0. The molecule has 102 valence electrons. The summed E-state index contributed by atoms with van der Waals surface area (Å²) < 4.78 is 12.7. The number of nitrogens with one attached hydrogen (secondary N) is 1. The van der Waals surface area contributed by atoms with Gasteiger partial charge in [-0.15, -0.1) is 0 Å². The fraction of sp³-hybridized carbons (Fsp3) is 0. The lowest BCUT2D eigenvalue weighted by atomic mass is 10.1. The molecule has 0 fully saturated rings. The Kier molecular flexibility index (Phi) is 3.60. The molecule has 20 heavy (non-hydrogen) atoms. The van der Waals surface area contributed by atoms with Gasteiger partial charge in [-0.25, -0.2) is 4.39 Å². The molecule has 2 aromatic rings. The molecule has 2 rings (SSSR count). The first-order valence-electron chi connectivity index (χ1n) is 5.59. The van der Waals surface area contributed by atoms with Crippen LogP contribution in [-0.2, 0) is 0 Å². The van der Waals surface area contributed by atoms with Crippen molar-refractivity contribution in [1.29, 1.82) is 0 Å². The number of nitro groups is 1. The predicted octanol–water partition coefficient (Wildman–Crippen LogP) is 2.57. The second-order valence-electron chi connectivity index (χ2n) is 3.96. The molecule has 0 aliphatic heterocycles. The number of amides is 1. The number of rotatable bonds is 3. The van der Waals surface area contributed by atoms with Crippen LogP contribution in [0.1, 0.15) is 10.4 Å². The van der Waals surface area contributed by atoms with Crippen molar-refractivity contribution in [3.05, 3.63) is 64.0 Å². The SMILES string of the molecule is Nc1c(C(=O)Nc2ccc(F)cc2)cccc1[N+](=O)[O-]. The van der Waals surface area contributed by atoms with Crippen LogP contribution >= 0.6 is 0 Å². The van der Waals surface area contributed by atoms with Crippen LogP contribution in [0.4, 0.5) is 21.5 Å². The van der Waals surface area contributed by atoms with E-state index in [1.54, 1.807) is 0 Å². The molecule has 0 aliphatic rings. The number of halogens is 1. The summed E-state index contributed by atoms with van der Waals surface area (Å²) in [7, 11) is 0. The molecule has 0 saturated heterocycles. The minimum atomic E-state index is -0.663. The highest BCUT2D eigenvalue weighted by atomic mass is 19.1. The van der Waals surface area contributed by atoms with Gasteiger partial charge in [0.05, 0.1) is 10.5 Å². The van der Waals surface area contributed by atoms with Crippen molar-refractivity contribution < 1.29 is 14.1 Å². The molecule has 0 saturated carbocycles. The minimum Gasteiger partial charge on any atom is -0.393 e. The van der Waals surface area contributed by atoms with Gasteiger partial charge in [0.1, 0.15) is 11.5 Å². The molecule has 0 unspecified atom stereocenters. The van der Waals surface area contributed by atoms with Gasteiger partial charge in [-0.3, -0.25) is 14.9 Å². The average Bonchev–Trinajstić information content (AvgIpc) is 2.41. The zero-order valence-electron chi connectivity index (χ0n) is 10.2. The Morgan fingerprint density at radius 3 is 2.45 bits per heavy atom. The maximum atomic E-state index is 12.7. The monoisotopic (exact) mass is 275 g/mol. The lowest BCUT2D eigenvalue weighted by Gasteiger charge is -2.07. The van der Waals surface area contributed by atoms with Gasteiger partial charge in [0.25, 0.3) is 11.6 Å². The lowest BCUT2D eigenvalue weighted by molar-refractivity contribution is -0.383. The highest BCUT2D eigenvalue weighted by Crippen LogP contribution is 2.25. The molecule has 0 heterocycles. The smallest absolute Gasteiger partial charge is 0.292 e. The number of nitro benzene ring substituents is 1. The van der Waals surface area contributed by atoms with Gasteiger partial charge >= 0.3 is 0 Å². The number of para-hydroxylation sites is 1. The maximum Gasteiger partial charge on any atom is 0.292 e. The molecule has 2 aromatic carbocycles. The third-order valence-electron chi connectivity index (χ3n) is 2.63. The number of nitrogens with two attached hydrogens (primary N) is 1.